The summed E-state index contributed by atoms with van der Waals surface area (Å²) < 4.78 is 17.1. The van der Waals surface area contributed by atoms with Crippen LogP contribution in [0.1, 0.15) is 24.9 Å². The second kappa shape index (κ2) is 11.8. The van der Waals surface area contributed by atoms with Crippen molar-refractivity contribution >= 4 is 17.7 Å². The molecule has 0 bridgehead atoms. The normalized spacial score (nSPS) is 11.3. The molecule has 0 fully saturated rings. The Morgan fingerprint density at radius 3 is 2.44 bits per heavy atom. The Morgan fingerprint density at radius 1 is 1.03 bits per heavy atom. The molecule has 3 N–H and O–H groups in total. The molecule has 0 radical (unpaired) electrons. The van der Waals surface area contributed by atoms with E-state index < -0.39 is 23.6 Å². The highest BCUT2D eigenvalue weighted by Crippen LogP contribution is 2.32. The van der Waals surface area contributed by atoms with E-state index in [0.29, 0.717) is 17.1 Å². The second-order valence-electron chi connectivity index (χ2n) is 7.88. The first-order valence-corrected chi connectivity index (χ1v) is 11.2. The molecule has 10 nitrogen and oxygen atoms in total. The molecular weight excluding hydrogens is 466 g/mol. The van der Waals surface area contributed by atoms with Gasteiger partial charge in [-0.2, -0.15) is 0 Å². The van der Waals surface area contributed by atoms with E-state index in [1.807, 2.05) is 36.4 Å². The van der Waals surface area contributed by atoms with Gasteiger partial charge in [0.25, 0.3) is 5.56 Å². The summed E-state index contributed by atoms with van der Waals surface area (Å²) in [6, 6.07) is 12.4. The molecule has 0 aliphatic heterocycles. The van der Waals surface area contributed by atoms with E-state index in [2.05, 4.69) is 10.6 Å². The zero-order chi connectivity index (χ0) is 26.2. The van der Waals surface area contributed by atoms with E-state index in [1.165, 1.54) is 31.0 Å². The Bertz CT molecular complexity index is 1300. The van der Waals surface area contributed by atoms with Gasteiger partial charge in [0.2, 0.25) is 0 Å². The van der Waals surface area contributed by atoms with Crippen LogP contribution < -0.4 is 25.7 Å². The average Bonchev–Trinajstić information content (AvgIpc) is 2.88. The monoisotopic (exact) mass is 495 g/mol. The molecule has 1 unspecified atom stereocenters. The van der Waals surface area contributed by atoms with Gasteiger partial charge in [-0.1, -0.05) is 12.1 Å². The highest BCUT2D eigenvalue weighted by atomic mass is 16.5. The maximum absolute atomic E-state index is 12.9. The van der Waals surface area contributed by atoms with E-state index in [-0.39, 0.29) is 24.5 Å². The lowest BCUT2D eigenvalue weighted by molar-refractivity contribution is -0.143. The van der Waals surface area contributed by atoms with Gasteiger partial charge < -0.3 is 34.5 Å². The number of benzene rings is 2. The Hall–Kier alpha value is -4.47. The van der Waals surface area contributed by atoms with Crippen LogP contribution in [0.15, 0.2) is 59.5 Å². The van der Waals surface area contributed by atoms with E-state index in [0.717, 1.165) is 11.1 Å². The molecule has 36 heavy (non-hydrogen) atoms. The predicted molar refractivity (Wildman–Crippen MR) is 134 cm³/mol. The van der Waals surface area contributed by atoms with Crippen molar-refractivity contribution in [2.75, 3.05) is 26.1 Å². The van der Waals surface area contributed by atoms with Crippen LogP contribution in [-0.4, -0.2) is 42.5 Å². The fraction of sp³-hybridized carbons (Fsp3) is 0.269. The number of anilines is 1. The van der Waals surface area contributed by atoms with Gasteiger partial charge in [-0.15, -0.1) is 0 Å². The Labute approximate surface area is 208 Å². The topological polar surface area (TPSA) is 128 Å². The molecule has 10 heteroatoms. The highest BCUT2D eigenvalue weighted by molar-refractivity contribution is 5.91. The van der Waals surface area contributed by atoms with Crippen molar-refractivity contribution in [1.82, 2.24) is 9.88 Å². The molecule has 1 aromatic heterocycles. The van der Waals surface area contributed by atoms with Crippen LogP contribution in [0.3, 0.4) is 0 Å². The first-order chi connectivity index (χ1) is 17.2. The van der Waals surface area contributed by atoms with Gasteiger partial charge in [0.15, 0.2) is 5.69 Å². The lowest BCUT2D eigenvalue weighted by Gasteiger charge is -2.21. The van der Waals surface area contributed by atoms with Crippen molar-refractivity contribution in [3.05, 3.63) is 70.6 Å². The van der Waals surface area contributed by atoms with Gasteiger partial charge in [-0.25, -0.2) is 4.79 Å². The van der Waals surface area contributed by atoms with Gasteiger partial charge in [0.05, 0.1) is 33.3 Å². The number of carbonyl (C=O) groups is 2. The van der Waals surface area contributed by atoms with E-state index in [1.54, 1.807) is 20.1 Å². The predicted octanol–water partition coefficient (Wildman–Crippen LogP) is 3.59. The quantitative estimate of drug-likeness (QED) is 0.387. The number of carbonyl (C=O) groups excluding carboxylic acids is 2. The molecule has 2 aromatic carbocycles. The number of amides is 2. The molecular formula is C26H29N3O7. The summed E-state index contributed by atoms with van der Waals surface area (Å²) in [5.74, 6) is 0.279. The number of aromatic hydroxyl groups is 1. The summed E-state index contributed by atoms with van der Waals surface area (Å²) in [6.45, 7) is 1.87. The number of ether oxygens (including phenoxy) is 3. The third-order valence-corrected chi connectivity index (χ3v) is 5.44. The Balaban J connectivity index is 1.98. The molecule has 1 heterocycles. The Morgan fingerprint density at radius 2 is 1.75 bits per heavy atom. The molecule has 0 saturated carbocycles. The number of hydrogen-bond donors (Lipinski definition) is 3. The molecule has 0 saturated heterocycles. The van der Waals surface area contributed by atoms with Gasteiger partial charge in [0.1, 0.15) is 17.2 Å². The fourth-order valence-corrected chi connectivity index (χ4v) is 3.59. The minimum absolute atomic E-state index is 0.176. The molecule has 3 aromatic rings. The van der Waals surface area contributed by atoms with Crippen LogP contribution in [-0.2, 0) is 16.6 Å². The zero-order valence-corrected chi connectivity index (χ0v) is 20.5. The van der Waals surface area contributed by atoms with Crippen LogP contribution in [0.25, 0.3) is 11.1 Å². The highest BCUT2D eigenvalue weighted by Gasteiger charge is 2.22. The van der Waals surface area contributed by atoms with Gasteiger partial charge in [0, 0.05) is 13.2 Å². The molecule has 3 rings (SSSR count). The second-order valence-corrected chi connectivity index (χ2v) is 7.88. The number of nitrogens with zero attached hydrogens (tertiary/aromatic N) is 1. The largest absolute Gasteiger partial charge is 0.505 e. The van der Waals surface area contributed by atoms with E-state index in [9.17, 15) is 19.5 Å². The standard InChI is InChI=1S/C26H29N3O7/c1-5-36-23(31)15-21(27-26(33)28-24-22(30)9-10-29(2)25(24)32)18-11-17(13-20(14-18)35-4)16-7-6-8-19(12-16)34-3/h6-14,21,30H,5,15H2,1-4H3,(H2,27,28,33). The number of pyridine rings is 1. The van der Waals surface area contributed by atoms with E-state index in [4.69, 9.17) is 14.2 Å². The molecule has 190 valence electrons. The Kier molecular flexibility index (Phi) is 8.56. The summed E-state index contributed by atoms with van der Waals surface area (Å²) in [5.41, 5.74) is 1.31. The van der Waals surface area contributed by atoms with Crippen molar-refractivity contribution in [3.8, 4) is 28.4 Å². The van der Waals surface area contributed by atoms with Crippen molar-refractivity contribution < 1.29 is 28.9 Å². The lowest BCUT2D eigenvalue weighted by atomic mass is 9.97. The van der Waals surface area contributed by atoms with Crippen molar-refractivity contribution in [1.29, 1.82) is 0 Å². The minimum atomic E-state index is -0.835. The van der Waals surface area contributed by atoms with Crippen molar-refractivity contribution in [2.24, 2.45) is 7.05 Å². The number of methoxy groups -OCH3 is 2. The van der Waals surface area contributed by atoms with Crippen LogP contribution in [0.2, 0.25) is 0 Å². The molecule has 2 amide bonds. The first kappa shape index (κ1) is 26.1. The third-order valence-electron chi connectivity index (χ3n) is 5.44. The smallest absolute Gasteiger partial charge is 0.319 e. The molecule has 1 atom stereocenters. The number of esters is 1. The summed E-state index contributed by atoms with van der Waals surface area (Å²) >= 11 is 0. The number of hydrogen-bond acceptors (Lipinski definition) is 7. The van der Waals surface area contributed by atoms with Crippen LogP contribution in [0.4, 0.5) is 10.5 Å². The summed E-state index contributed by atoms with van der Waals surface area (Å²) in [4.78, 5) is 37.6. The summed E-state index contributed by atoms with van der Waals surface area (Å²) in [7, 11) is 4.58. The summed E-state index contributed by atoms with van der Waals surface area (Å²) in [5, 5.41) is 15.1. The molecule has 0 spiro atoms. The minimum Gasteiger partial charge on any atom is -0.505 e. The van der Waals surface area contributed by atoms with Crippen LogP contribution >= 0.6 is 0 Å². The summed E-state index contributed by atoms with van der Waals surface area (Å²) in [6.07, 6.45) is 1.20. The fourth-order valence-electron chi connectivity index (χ4n) is 3.59. The maximum Gasteiger partial charge on any atom is 0.319 e. The zero-order valence-electron chi connectivity index (χ0n) is 20.5. The first-order valence-electron chi connectivity index (χ1n) is 11.2. The number of urea groups is 1. The SMILES string of the molecule is CCOC(=O)CC(NC(=O)Nc1c(O)ccn(C)c1=O)c1cc(OC)cc(-c2cccc(OC)c2)c1. The van der Waals surface area contributed by atoms with Crippen LogP contribution in [0, 0.1) is 0 Å². The maximum atomic E-state index is 12.9. The number of aryl methyl sites for hydroxylation is 1. The van der Waals surface area contributed by atoms with Gasteiger partial charge in [-0.05, 0) is 60.0 Å². The van der Waals surface area contributed by atoms with Gasteiger partial charge in [-0.3, -0.25) is 9.59 Å². The molecule has 0 aliphatic carbocycles. The van der Waals surface area contributed by atoms with Crippen molar-refractivity contribution in [2.45, 2.75) is 19.4 Å². The average molecular weight is 496 g/mol. The van der Waals surface area contributed by atoms with Crippen LogP contribution in [0.5, 0.6) is 17.2 Å². The van der Waals surface area contributed by atoms with E-state index >= 15 is 0 Å². The van der Waals surface area contributed by atoms with Crippen molar-refractivity contribution in [3.63, 3.8) is 0 Å². The third kappa shape index (κ3) is 6.35. The lowest BCUT2D eigenvalue weighted by Crippen LogP contribution is -2.36. The molecule has 0 aliphatic rings. The number of aromatic nitrogens is 1. The number of rotatable bonds is 9. The number of nitrogens with one attached hydrogen (secondary N) is 2. The van der Waals surface area contributed by atoms with Gasteiger partial charge >= 0.3 is 12.0 Å².